The highest BCUT2D eigenvalue weighted by molar-refractivity contribution is 5.76. The third kappa shape index (κ3) is 2.72. The molecule has 1 unspecified atom stereocenters. The zero-order valence-electron chi connectivity index (χ0n) is 11.8. The number of rotatable bonds is 4. The molecule has 1 fully saturated rings. The predicted molar refractivity (Wildman–Crippen MR) is 77.8 cm³/mol. The van der Waals surface area contributed by atoms with Crippen molar-refractivity contribution in [3.8, 4) is 0 Å². The molecule has 2 aliphatic rings. The van der Waals surface area contributed by atoms with Crippen LogP contribution < -0.4 is 0 Å². The lowest BCUT2D eigenvalue weighted by Crippen LogP contribution is -2.43. The van der Waals surface area contributed by atoms with Crippen molar-refractivity contribution in [1.82, 2.24) is 9.80 Å². The molecule has 0 aromatic heterocycles. The fourth-order valence-electron chi connectivity index (χ4n) is 3.42. The summed E-state index contributed by atoms with van der Waals surface area (Å²) in [5, 5.41) is 9.59. The fraction of sp³-hybridized carbons (Fsp3) is 0.562. The average Bonchev–Trinajstić information content (AvgIpc) is 2.97. The van der Waals surface area contributed by atoms with Crippen LogP contribution in [-0.2, 0) is 11.2 Å². The number of carbonyl (C=O) groups is 1. The summed E-state index contributed by atoms with van der Waals surface area (Å²) in [6, 6.07) is 7.50. The lowest BCUT2D eigenvalue weighted by molar-refractivity contribution is -0.144. The van der Waals surface area contributed by atoms with E-state index in [1.807, 2.05) is 18.2 Å². The van der Waals surface area contributed by atoms with Crippen LogP contribution in [0.4, 0.5) is 0 Å². The minimum absolute atomic E-state index is 0.470. The molecule has 0 amide bonds. The molecule has 4 nitrogen and oxygen atoms in total. The summed E-state index contributed by atoms with van der Waals surface area (Å²) >= 11 is 0. The largest absolute Gasteiger partial charge is 0.480 e. The van der Waals surface area contributed by atoms with Gasteiger partial charge in [0.1, 0.15) is 6.04 Å². The first-order valence-corrected chi connectivity index (χ1v) is 7.53. The number of hydrogen-bond donors (Lipinski definition) is 1. The second-order valence-corrected chi connectivity index (χ2v) is 5.77. The lowest BCUT2D eigenvalue weighted by Gasteiger charge is -2.35. The van der Waals surface area contributed by atoms with Gasteiger partial charge in [-0.25, -0.2) is 0 Å². The van der Waals surface area contributed by atoms with Crippen LogP contribution in [0.5, 0.6) is 0 Å². The number of carboxylic acids is 1. The van der Waals surface area contributed by atoms with Crippen LogP contribution in [0.2, 0.25) is 0 Å². The van der Waals surface area contributed by atoms with Gasteiger partial charge in [0.25, 0.3) is 0 Å². The second kappa shape index (κ2) is 5.94. The monoisotopic (exact) mass is 274 g/mol. The summed E-state index contributed by atoms with van der Waals surface area (Å²) in [5.74, 6) is -0.724. The van der Waals surface area contributed by atoms with Gasteiger partial charge in [-0.15, -0.1) is 0 Å². The van der Waals surface area contributed by atoms with Crippen molar-refractivity contribution in [2.75, 3.05) is 32.7 Å². The summed E-state index contributed by atoms with van der Waals surface area (Å²) < 4.78 is 0. The number of hydrogen-bond acceptors (Lipinski definition) is 3. The van der Waals surface area contributed by atoms with Crippen molar-refractivity contribution in [3.05, 3.63) is 35.4 Å². The Hall–Kier alpha value is -1.39. The van der Waals surface area contributed by atoms with Gasteiger partial charge in [-0.3, -0.25) is 9.69 Å². The predicted octanol–water partition coefficient (Wildman–Crippen LogP) is 1.77. The van der Waals surface area contributed by atoms with E-state index in [1.165, 1.54) is 31.5 Å². The van der Waals surface area contributed by atoms with Crippen molar-refractivity contribution < 1.29 is 9.90 Å². The Morgan fingerprint density at radius 1 is 1.15 bits per heavy atom. The third-order valence-electron chi connectivity index (χ3n) is 4.52. The molecule has 2 aliphatic heterocycles. The van der Waals surface area contributed by atoms with Gasteiger partial charge in [-0.05, 0) is 43.5 Å². The van der Waals surface area contributed by atoms with E-state index < -0.39 is 12.0 Å². The Bertz CT molecular complexity index is 483. The van der Waals surface area contributed by atoms with E-state index in [0.717, 1.165) is 31.6 Å². The SMILES string of the molecule is O=C(O)C1c2ccccc2CCN1CCN1CCCC1. The normalized spacial score (nSPS) is 23.7. The first kappa shape index (κ1) is 13.6. The maximum atomic E-state index is 11.7. The Morgan fingerprint density at radius 2 is 1.90 bits per heavy atom. The van der Waals surface area contributed by atoms with Crippen LogP contribution in [0.3, 0.4) is 0 Å². The minimum Gasteiger partial charge on any atom is -0.480 e. The van der Waals surface area contributed by atoms with Gasteiger partial charge in [0.15, 0.2) is 0 Å². The lowest BCUT2D eigenvalue weighted by atomic mass is 9.92. The van der Waals surface area contributed by atoms with Gasteiger partial charge >= 0.3 is 5.97 Å². The van der Waals surface area contributed by atoms with E-state index in [-0.39, 0.29) is 0 Å². The van der Waals surface area contributed by atoms with Gasteiger partial charge in [-0.2, -0.15) is 0 Å². The molecule has 2 heterocycles. The van der Waals surface area contributed by atoms with Crippen LogP contribution in [0.25, 0.3) is 0 Å². The molecular weight excluding hydrogens is 252 g/mol. The van der Waals surface area contributed by atoms with Crippen LogP contribution in [0.15, 0.2) is 24.3 Å². The summed E-state index contributed by atoms with van der Waals surface area (Å²) in [6.45, 7) is 5.03. The zero-order chi connectivity index (χ0) is 13.9. The number of carboxylic acid groups (broad SMARTS) is 1. The molecule has 108 valence electrons. The van der Waals surface area contributed by atoms with Crippen molar-refractivity contribution in [3.63, 3.8) is 0 Å². The minimum atomic E-state index is -0.724. The highest BCUT2D eigenvalue weighted by atomic mass is 16.4. The van der Waals surface area contributed by atoms with E-state index in [9.17, 15) is 9.90 Å². The summed E-state index contributed by atoms with van der Waals surface area (Å²) in [5.41, 5.74) is 2.17. The molecule has 0 spiro atoms. The smallest absolute Gasteiger partial charge is 0.325 e. The van der Waals surface area contributed by atoms with Crippen LogP contribution >= 0.6 is 0 Å². The van der Waals surface area contributed by atoms with Crippen molar-refractivity contribution in [1.29, 1.82) is 0 Å². The topological polar surface area (TPSA) is 43.8 Å². The van der Waals surface area contributed by atoms with Gasteiger partial charge < -0.3 is 10.0 Å². The Labute approximate surface area is 120 Å². The molecule has 1 saturated heterocycles. The average molecular weight is 274 g/mol. The number of nitrogens with zero attached hydrogens (tertiary/aromatic N) is 2. The second-order valence-electron chi connectivity index (χ2n) is 5.77. The van der Waals surface area contributed by atoms with Gasteiger partial charge in [0.05, 0.1) is 0 Å². The Morgan fingerprint density at radius 3 is 2.65 bits per heavy atom. The molecular formula is C16H22N2O2. The highest BCUT2D eigenvalue weighted by Gasteiger charge is 2.32. The van der Waals surface area contributed by atoms with E-state index in [0.29, 0.717) is 0 Å². The Kier molecular flexibility index (Phi) is 4.03. The van der Waals surface area contributed by atoms with E-state index in [2.05, 4.69) is 15.9 Å². The number of benzene rings is 1. The molecule has 20 heavy (non-hydrogen) atoms. The van der Waals surface area contributed by atoms with Gasteiger partial charge in [-0.1, -0.05) is 24.3 Å². The molecule has 0 radical (unpaired) electrons. The van der Waals surface area contributed by atoms with Crippen LogP contribution in [0.1, 0.15) is 30.0 Å². The third-order valence-corrected chi connectivity index (χ3v) is 4.52. The van der Waals surface area contributed by atoms with Gasteiger partial charge in [0, 0.05) is 19.6 Å². The molecule has 0 saturated carbocycles. The van der Waals surface area contributed by atoms with Crippen LogP contribution in [0, 0.1) is 0 Å². The van der Waals surface area contributed by atoms with E-state index in [4.69, 9.17) is 0 Å². The van der Waals surface area contributed by atoms with Crippen LogP contribution in [-0.4, -0.2) is 53.6 Å². The maximum Gasteiger partial charge on any atom is 0.325 e. The summed E-state index contributed by atoms with van der Waals surface area (Å²) in [7, 11) is 0. The summed E-state index contributed by atoms with van der Waals surface area (Å²) in [6.07, 6.45) is 3.52. The van der Waals surface area contributed by atoms with Crippen molar-refractivity contribution >= 4 is 5.97 Å². The molecule has 0 aliphatic carbocycles. The number of aliphatic carboxylic acids is 1. The zero-order valence-corrected chi connectivity index (χ0v) is 11.8. The van der Waals surface area contributed by atoms with Crippen molar-refractivity contribution in [2.45, 2.75) is 25.3 Å². The first-order valence-electron chi connectivity index (χ1n) is 7.53. The summed E-state index contributed by atoms with van der Waals surface area (Å²) in [4.78, 5) is 16.2. The molecule has 0 bridgehead atoms. The number of likely N-dealkylation sites (tertiary alicyclic amines) is 1. The standard InChI is InChI=1S/C16H22N2O2/c19-16(20)15-14-6-2-1-5-13(14)7-10-18(15)12-11-17-8-3-4-9-17/h1-2,5-6,15H,3-4,7-12H2,(H,19,20). The molecule has 3 rings (SSSR count). The quantitative estimate of drug-likeness (QED) is 0.908. The maximum absolute atomic E-state index is 11.7. The Balaban J connectivity index is 1.72. The van der Waals surface area contributed by atoms with E-state index in [1.54, 1.807) is 0 Å². The molecule has 1 aromatic carbocycles. The first-order chi connectivity index (χ1) is 9.75. The molecule has 4 heteroatoms. The molecule has 1 N–H and O–H groups in total. The fourth-order valence-corrected chi connectivity index (χ4v) is 3.42. The van der Waals surface area contributed by atoms with Crippen molar-refractivity contribution in [2.24, 2.45) is 0 Å². The molecule has 1 atom stereocenters. The number of fused-ring (bicyclic) bond motifs is 1. The van der Waals surface area contributed by atoms with E-state index >= 15 is 0 Å². The highest BCUT2D eigenvalue weighted by Crippen LogP contribution is 2.29. The molecule has 1 aromatic rings. The van der Waals surface area contributed by atoms with Gasteiger partial charge in [0.2, 0.25) is 0 Å².